The van der Waals surface area contributed by atoms with E-state index in [0.717, 1.165) is 17.7 Å². The summed E-state index contributed by atoms with van der Waals surface area (Å²) in [6, 6.07) is 14.2. The van der Waals surface area contributed by atoms with Crippen molar-refractivity contribution in [2.24, 2.45) is 0 Å². The summed E-state index contributed by atoms with van der Waals surface area (Å²) < 4.78 is 4.93. The molecule has 0 bridgehead atoms. The van der Waals surface area contributed by atoms with Crippen LogP contribution in [0.4, 0.5) is 11.4 Å². The fourth-order valence-electron chi connectivity index (χ4n) is 2.51. The summed E-state index contributed by atoms with van der Waals surface area (Å²) in [5.74, 6) is -1.12. The third kappa shape index (κ3) is 7.40. The first-order chi connectivity index (χ1) is 13.5. The Kier molecular flexibility index (Phi) is 8.49. The van der Waals surface area contributed by atoms with Gasteiger partial charge in [0.05, 0.1) is 0 Å². The summed E-state index contributed by atoms with van der Waals surface area (Å²) in [6.45, 7) is 1.64. The SMILES string of the molecule is CCc1ccccc1NC(=O)CCCC(=O)OCC(=O)Nc1ccc(Cl)cc1. The van der Waals surface area contributed by atoms with Gasteiger partial charge < -0.3 is 15.4 Å². The molecule has 0 aromatic heterocycles. The summed E-state index contributed by atoms with van der Waals surface area (Å²) in [7, 11) is 0. The van der Waals surface area contributed by atoms with Gasteiger partial charge in [-0.15, -0.1) is 0 Å². The molecular weight excluding hydrogens is 380 g/mol. The Morgan fingerprint density at radius 2 is 1.64 bits per heavy atom. The summed E-state index contributed by atoms with van der Waals surface area (Å²) in [5.41, 5.74) is 2.41. The summed E-state index contributed by atoms with van der Waals surface area (Å²) in [4.78, 5) is 35.5. The molecule has 0 aliphatic heterocycles. The average Bonchev–Trinajstić information content (AvgIpc) is 2.68. The van der Waals surface area contributed by atoms with Gasteiger partial charge in [0.15, 0.2) is 6.61 Å². The highest BCUT2D eigenvalue weighted by molar-refractivity contribution is 6.30. The van der Waals surface area contributed by atoms with Crippen molar-refractivity contribution in [2.45, 2.75) is 32.6 Å². The van der Waals surface area contributed by atoms with Crippen LogP contribution in [0, 0.1) is 0 Å². The molecular formula is C21H23ClN2O4. The summed E-state index contributed by atoms with van der Waals surface area (Å²) >= 11 is 5.77. The van der Waals surface area contributed by atoms with Gasteiger partial charge >= 0.3 is 5.97 Å². The Labute approximate surface area is 169 Å². The van der Waals surface area contributed by atoms with Crippen LogP contribution in [0.2, 0.25) is 5.02 Å². The topological polar surface area (TPSA) is 84.5 Å². The van der Waals surface area contributed by atoms with Crippen LogP contribution in [0.1, 0.15) is 31.7 Å². The molecule has 28 heavy (non-hydrogen) atoms. The largest absolute Gasteiger partial charge is 0.456 e. The van der Waals surface area contributed by atoms with Gasteiger partial charge in [-0.1, -0.05) is 36.7 Å². The number of hydrogen-bond donors (Lipinski definition) is 2. The second-order valence-electron chi connectivity index (χ2n) is 6.13. The van der Waals surface area contributed by atoms with E-state index in [9.17, 15) is 14.4 Å². The van der Waals surface area contributed by atoms with Crippen molar-refractivity contribution in [2.75, 3.05) is 17.2 Å². The number of anilines is 2. The number of para-hydroxylation sites is 1. The van der Waals surface area contributed by atoms with Crippen molar-refractivity contribution in [1.29, 1.82) is 0 Å². The van der Waals surface area contributed by atoms with Crippen LogP contribution in [0.5, 0.6) is 0 Å². The molecule has 0 heterocycles. The Bertz CT molecular complexity index is 821. The van der Waals surface area contributed by atoms with Gasteiger partial charge in [0, 0.05) is 29.2 Å². The molecule has 2 aromatic rings. The Hall–Kier alpha value is -2.86. The number of hydrogen-bond acceptors (Lipinski definition) is 4. The number of nitrogens with one attached hydrogen (secondary N) is 2. The fourth-order valence-corrected chi connectivity index (χ4v) is 2.63. The van der Waals surface area contributed by atoms with Crippen molar-refractivity contribution in [3.8, 4) is 0 Å². The normalized spacial score (nSPS) is 10.2. The van der Waals surface area contributed by atoms with Crippen molar-refractivity contribution < 1.29 is 19.1 Å². The second kappa shape index (κ2) is 11.1. The van der Waals surface area contributed by atoms with E-state index < -0.39 is 11.9 Å². The van der Waals surface area contributed by atoms with Gasteiger partial charge in [0.2, 0.25) is 5.91 Å². The molecule has 2 rings (SSSR count). The van der Waals surface area contributed by atoms with Crippen molar-refractivity contribution in [3.05, 3.63) is 59.1 Å². The zero-order valence-electron chi connectivity index (χ0n) is 15.7. The number of esters is 1. The number of benzene rings is 2. The molecule has 0 aliphatic carbocycles. The number of carbonyl (C=O) groups is 3. The minimum Gasteiger partial charge on any atom is -0.456 e. The van der Waals surface area contributed by atoms with Gasteiger partial charge in [0.1, 0.15) is 0 Å². The van der Waals surface area contributed by atoms with Crippen molar-refractivity contribution in [1.82, 2.24) is 0 Å². The lowest BCUT2D eigenvalue weighted by molar-refractivity contribution is -0.147. The number of rotatable bonds is 9. The first kappa shape index (κ1) is 21.4. The quantitative estimate of drug-likeness (QED) is 0.616. The molecule has 2 aromatic carbocycles. The first-order valence-electron chi connectivity index (χ1n) is 9.06. The molecule has 0 radical (unpaired) electrons. The molecule has 0 atom stereocenters. The molecule has 0 aliphatic rings. The van der Waals surface area contributed by atoms with Crippen LogP contribution in [0.25, 0.3) is 0 Å². The Morgan fingerprint density at radius 1 is 0.929 bits per heavy atom. The van der Waals surface area contributed by atoms with E-state index in [-0.39, 0.29) is 25.4 Å². The van der Waals surface area contributed by atoms with Crippen molar-refractivity contribution in [3.63, 3.8) is 0 Å². The van der Waals surface area contributed by atoms with Crippen LogP contribution in [-0.4, -0.2) is 24.4 Å². The number of ether oxygens (including phenoxy) is 1. The Balaban J connectivity index is 1.64. The Morgan fingerprint density at radius 3 is 2.36 bits per heavy atom. The van der Waals surface area contributed by atoms with Crippen LogP contribution in [0.15, 0.2) is 48.5 Å². The van der Waals surface area contributed by atoms with Crippen molar-refractivity contribution >= 4 is 40.8 Å². The molecule has 0 saturated heterocycles. The zero-order chi connectivity index (χ0) is 20.4. The fraction of sp³-hybridized carbons (Fsp3) is 0.286. The van der Waals surface area contributed by atoms with Crippen LogP contribution in [-0.2, 0) is 25.5 Å². The number of aryl methyl sites for hydroxylation is 1. The molecule has 2 N–H and O–H groups in total. The second-order valence-corrected chi connectivity index (χ2v) is 6.56. The minimum atomic E-state index is -0.520. The molecule has 148 valence electrons. The number of carbonyl (C=O) groups excluding carboxylic acids is 3. The maximum atomic E-state index is 12.0. The van der Waals surface area contributed by atoms with Gasteiger partial charge in [0.25, 0.3) is 5.91 Å². The molecule has 2 amide bonds. The van der Waals surface area contributed by atoms with E-state index in [4.69, 9.17) is 16.3 Å². The van der Waals surface area contributed by atoms with Gasteiger partial charge in [-0.25, -0.2) is 0 Å². The van der Waals surface area contributed by atoms with E-state index >= 15 is 0 Å². The highest BCUT2D eigenvalue weighted by Crippen LogP contribution is 2.16. The average molecular weight is 403 g/mol. The number of halogens is 1. The van der Waals surface area contributed by atoms with Gasteiger partial charge in [-0.2, -0.15) is 0 Å². The lowest BCUT2D eigenvalue weighted by Crippen LogP contribution is -2.21. The van der Waals surface area contributed by atoms with E-state index in [2.05, 4.69) is 10.6 Å². The third-order valence-corrected chi connectivity index (χ3v) is 4.20. The van der Waals surface area contributed by atoms with E-state index in [1.165, 1.54) is 0 Å². The van der Waals surface area contributed by atoms with E-state index in [1.54, 1.807) is 24.3 Å². The molecule has 0 spiro atoms. The third-order valence-electron chi connectivity index (χ3n) is 3.95. The standard InChI is InChI=1S/C21H23ClN2O4/c1-2-15-6-3-4-7-18(15)24-19(25)8-5-9-21(27)28-14-20(26)23-17-12-10-16(22)11-13-17/h3-4,6-7,10-13H,2,5,8-9,14H2,1H3,(H,23,26)(H,24,25). The number of amides is 2. The highest BCUT2D eigenvalue weighted by atomic mass is 35.5. The lowest BCUT2D eigenvalue weighted by Gasteiger charge is -2.09. The summed E-state index contributed by atoms with van der Waals surface area (Å²) in [5, 5.41) is 6.01. The monoisotopic (exact) mass is 402 g/mol. The van der Waals surface area contributed by atoms with Crippen LogP contribution < -0.4 is 10.6 Å². The van der Waals surface area contributed by atoms with E-state index in [0.29, 0.717) is 17.1 Å². The molecule has 6 nitrogen and oxygen atoms in total. The maximum absolute atomic E-state index is 12.0. The molecule has 0 saturated carbocycles. The maximum Gasteiger partial charge on any atom is 0.306 e. The van der Waals surface area contributed by atoms with Crippen LogP contribution >= 0.6 is 11.6 Å². The molecule has 7 heteroatoms. The lowest BCUT2D eigenvalue weighted by atomic mass is 10.1. The zero-order valence-corrected chi connectivity index (χ0v) is 16.4. The first-order valence-corrected chi connectivity index (χ1v) is 9.44. The molecule has 0 fully saturated rings. The van der Waals surface area contributed by atoms with Gasteiger partial charge in [-0.3, -0.25) is 14.4 Å². The predicted octanol–water partition coefficient (Wildman–Crippen LogP) is 4.19. The minimum absolute atomic E-state index is 0.0665. The van der Waals surface area contributed by atoms with Crippen LogP contribution in [0.3, 0.4) is 0 Å². The predicted molar refractivity (Wildman–Crippen MR) is 109 cm³/mol. The van der Waals surface area contributed by atoms with Gasteiger partial charge in [-0.05, 0) is 48.7 Å². The highest BCUT2D eigenvalue weighted by Gasteiger charge is 2.10. The summed E-state index contributed by atoms with van der Waals surface area (Å²) in [6.07, 6.45) is 1.43. The van der Waals surface area contributed by atoms with E-state index in [1.807, 2.05) is 31.2 Å². The smallest absolute Gasteiger partial charge is 0.306 e. The molecule has 0 unspecified atom stereocenters.